The van der Waals surface area contributed by atoms with Gasteiger partial charge in [-0.25, -0.2) is 0 Å². The van der Waals surface area contributed by atoms with Crippen molar-refractivity contribution in [3.63, 3.8) is 0 Å². The van der Waals surface area contributed by atoms with Crippen LogP contribution in [-0.2, 0) is 4.79 Å². The number of fused-ring (bicyclic) bond motifs is 1. The van der Waals surface area contributed by atoms with Crippen LogP contribution in [0.25, 0.3) is 5.70 Å². The third kappa shape index (κ3) is 4.93. The van der Waals surface area contributed by atoms with Crippen molar-refractivity contribution in [2.75, 3.05) is 32.0 Å². The molecule has 2 N–H and O–H groups in total. The fraction of sp³-hybridized carbons (Fsp3) is 0.192. The Hall–Kier alpha value is -3.58. The van der Waals surface area contributed by atoms with Crippen LogP contribution in [0.15, 0.2) is 71.6 Å². The van der Waals surface area contributed by atoms with Gasteiger partial charge < -0.3 is 24.8 Å². The lowest BCUT2D eigenvalue weighted by molar-refractivity contribution is -0.114. The third-order valence-corrected chi connectivity index (χ3v) is 6.51. The topological polar surface area (TPSA) is 68.8 Å². The van der Waals surface area contributed by atoms with Gasteiger partial charge in [-0.2, -0.15) is 0 Å². The number of thioether (sulfide) groups is 1. The highest BCUT2D eigenvalue weighted by molar-refractivity contribution is 7.99. The van der Waals surface area contributed by atoms with Crippen LogP contribution in [0, 0.1) is 0 Å². The number of benzene rings is 3. The van der Waals surface area contributed by atoms with Gasteiger partial charge in [-0.1, -0.05) is 24.3 Å². The molecule has 0 fully saturated rings. The Bertz CT molecular complexity index is 1180. The molecule has 3 aromatic carbocycles. The van der Waals surface area contributed by atoms with E-state index in [1.807, 2.05) is 48.5 Å². The molecule has 1 aliphatic rings. The summed E-state index contributed by atoms with van der Waals surface area (Å²) in [5.41, 5.74) is 4.70. The predicted molar refractivity (Wildman–Crippen MR) is 133 cm³/mol. The Morgan fingerprint density at radius 1 is 0.939 bits per heavy atom. The van der Waals surface area contributed by atoms with Crippen LogP contribution in [0.2, 0.25) is 0 Å². The molecule has 1 aliphatic heterocycles. The van der Waals surface area contributed by atoms with Gasteiger partial charge in [-0.3, -0.25) is 4.79 Å². The Morgan fingerprint density at radius 3 is 2.33 bits per heavy atom. The lowest BCUT2D eigenvalue weighted by atomic mass is 10.1. The summed E-state index contributed by atoms with van der Waals surface area (Å²) >= 11 is 1.74. The highest BCUT2D eigenvalue weighted by Crippen LogP contribution is 2.48. The predicted octanol–water partition coefficient (Wildman–Crippen LogP) is 5.97. The van der Waals surface area contributed by atoms with Gasteiger partial charge in [-0.15, -0.1) is 11.8 Å². The van der Waals surface area contributed by atoms with E-state index < -0.39 is 0 Å². The number of nitrogens with one attached hydrogen (secondary N) is 2. The summed E-state index contributed by atoms with van der Waals surface area (Å²) in [7, 11) is 4.83. The number of carbonyl (C=O) groups excluding carboxylic acids is 1. The minimum absolute atomic E-state index is 0.0331. The minimum atomic E-state index is -0.105. The van der Waals surface area contributed by atoms with Crippen LogP contribution in [0.5, 0.6) is 17.2 Å². The first-order chi connectivity index (χ1) is 16.0. The van der Waals surface area contributed by atoms with Gasteiger partial charge in [0, 0.05) is 23.2 Å². The number of hydrogen-bond acceptors (Lipinski definition) is 6. The Labute approximate surface area is 197 Å². The number of rotatable bonds is 6. The molecule has 1 amide bonds. The summed E-state index contributed by atoms with van der Waals surface area (Å²) in [5.74, 6) is 1.68. The largest absolute Gasteiger partial charge is 0.493 e. The fourth-order valence-electron chi connectivity index (χ4n) is 3.75. The monoisotopic (exact) mass is 462 g/mol. The summed E-state index contributed by atoms with van der Waals surface area (Å²) in [5, 5.41) is 6.40. The van der Waals surface area contributed by atoms with Gasteiger partial charge in [0.2, 0.25) is 11.7 Å². The van der Waals surface area contributed by atoms with Crippen molar-refractivity contribution in [1.29, 1.82) is 0 Å². The van der Waals surface area contributed by atoms with Crippen molar-refractivity contribution in [2.45, 2.75) is 17.1 Å². The van der Waals surface area contributed by atoms with Gasteiger partial charge in [0.25, 0.3) is 0 Å². The van der Waals surface area contributed by atoms with Gasteiger partial charge in [0.15, 0.2) is 11.5 Å². The Balaban J connectivity index is 1.83. The first-order valence-corrected chi connectivity index (χ1v) is 11.3. The van der Waals surface area contributed by atoms with Gasteiger partial charge in [0.05, 0.1) is 32.3 Å². The lowest BCUT2D eigenvalue weighted by Crippen LogP contribution is -2.06. The van der Waals surface area contributed by atoms with Crippen LogP contribution in [0.3, 0.4) is 0 Å². The normalized spacial score (nSPS) is 14.8. The average Bonchev–Trinajstić information content (AvgIpc) is 3.02. The molecule has 6 nitrogen and oxygen atoms in total. The Kier molecular flexibility index (Phi) is 6.79. The van der Waals surface area contributed by atoms with Gasteiger partial charge in [-0.05, 0) is 53.6 Å². The first-order valence-electron chi connectivity index (χ1n) is 10.4. The molecular weight excluding hydrogens is 436 g/mol. The summed E-state index contributed by atoms with van der Waals surface area (Å²) in [6, 6.07) is 20.0. The molecule has 33 heavy (non-hydrogen) atoms. The average molecular weight is 463 g/mol. The molecule has 3 aromatic rings. The highest BCUT2D eigenvalue weighted by Gasteiger charge is 2.23. The second-order valence-corrected chi connectivity index (χ2v) is 8.64. The first kappa shape index (κ1) is 22.6. The lowest BCUT2D eigenvalue weighted by Gasteiger charge is -2.18. The van der Waals surface area contributed by atoms with Gasteiger partial charge in [0.1, 0.15) is 0 Å². The number of anilines is 2. The maximum Gasteiger partial charge on any atom is 0.221 e. The van der Waals surface area contributed by atoms with Crippen molar-refractivity contribution in [1.82, 2.24) is 0 Å². The van der Waals surface area contributed by atoms with Crippen LogP contribution in [0.1, 0.15) is 23.3 Å². The standard InChI is InChI=1S/C26H26N2O4S/c1-16(29)27-19-9-7-8-17(12-19)21-15-25(33-24-11-6-5-10-20(24)28-21)18-13-22(30-2)26(32-4)23(14-18)31-3/h5-15,25,28H,1-4H3,(H,27,29). The number of ether oxygens (including phenoxy) is 3. The summed E-state index contributed by atoms with van der Waals surface area (Å²) in [6.45, 7) is 1.50. The molecule has 1 heterocycles. The highest BCUT2D eigenvalue weighted by atomic mass is 32.2. The van der Waals surface area contributed by atoms with E-state index in [-0.39, 0.29) is 11.2 Å². The fourth-order valence-corrected chi connectivity index (χ4v) is 4.90. The van der Waals surface area contributed by atoms with Crippen molar-refractivity contribution in [2.24, 2.45) is 0 Å². The maximum atomic E-state index is 11.6. The number of amides is 1. The molecule has 1 unspecified atom stereocenters. The Morgan fingerprint density at radius 2 is 1.67 bits per heavy atom. The molecular formula is C26H26N2O4S. The molecule has 170 valence electrons. The molecule has 0 aromatic heterocycles. The molecule has 0 bridgehead atoms. The van der Waals surface area contributed by atoms with E-state index in [9.17, 15) is 4.79 Å². The quantitative estimate of drug-likeness (QED) is 0.470. The number of hydrogen-bond donors (Lipinski definition) is 2. The van der Waals surface area contributed by atoms with Crippen LogP contribution < -0.4 is 24.8 Å². The summed E-state index contributed by atoms with van der Waals surface area (Å²) in [4.78, 5) is 12.7. The minimum Gasteiger partial charge on any atom is -0.493 e. The molecule has 7 heteroatoms. The smallest absolute Gasteiger partial charge is 0.221 e. The van der Waals surface area contributed by atoms with Crippen LogP contribution >= 0.6 is 11.8 Å². The SMILES string of the molecule is COc1cc(C2C=C(c3cccc(NC(C)=O)c3)Nc3ccccc3S2)cc(OC)c1OC. The van der Waals surface area contributed by atoms with Crippen molar-refractivity contribution in [3.8, 4) is 17.2 Å². The third-order valence-electron chi connectivity index (χ3n) is 5.24. The van der Waals surface area contributed by atoms with E-state index in [0.29, 0.717) is 17.2 Å². The molecule has 0 aliphatic carbocycles. The molecule has 0 saturated heterocycles. The van der Waals surface area contributed by atoms with Crippen LogP contribution in [-0.4, -0.2) is 27.2 Å². The van der Waals surface area contributed by atoms with Gasteiger partial charge >= 0.3 is 0 Å². The summed E-state index contributed by atoms with van der Waals surface area (Å²) < 4.78 is 16.7. The molecule has 4 rings (SSSR count). The number of carbonyl (C=O) groups is 1. The zero-order valence-electron chi connectivity index (χ0n) is 19.0. The van der Waals surface area contributed by atoms with E-state index in [1.165, 1.54) is 6.92 Å². The van der Waals surface area contributed by atoms with E-state index in [0.717, 1.165) is 33.1 Å². The zero-order chi connectivity index (χ0) is 23.4. The van der Waals surface area contributed by atoms with Crippen molar-refractivity contribution >= 4 is 34.7 Å². The molecule has 0 saturated carbocycles. The van der Waals surface area contributed by atoms with Crippen LogP contribution in [0.4, 0.5) is 11.4 Å². The van der Waals surface area contributed by atoms with E-state index >= 15 is 0 Å². The van der Waals surface area contributed by atoms with Crippen molar-refractivity contribution in [3.05, 3.63) is 77.9 Å². The second-order valence-electron chi connectivity index (χ2n) is 7.46. The second kappa shape index (κ2) is 9.92. The maximum absolute atomic E-state index is 11.6. The van der Waals surface area contributed by atoms with E-state index in [2.05, 4.69) is 28.8 Å². The van der Waals surface area contributed by atoms with Crippen molar-refractivity contribution < 1.29 is 19.0 Å². The van der Waals surface area contributed by atoms with E-state index in [4.69, 9.17) is 14.2 Å². The van der Waals surface area contributed by atoms with E-state index in [1.54, 1.807) is 33.1 Å². The zero-order valence-corrected chi connectivity index (χ0v) is 19.8. The molecule has 0 spiro atoms. The number of para-hydroxylation sites is 1. The molecule has 0 radical (unpaired) electrons. The summed E-state index contributed by atoms with van der Waals surface area (Å²) in [6.07, 6.45) is 2.18. The molecule has 1 atom stereocenters. The number of methoxy groups -OCH3 is 3.